The molecule has 2 heterocycles. The molecule has 33 heavy (non-hydrogen) atoms. The largest absolute Gasteiger partial charge is 0.464 e. The van der Waals surface area contributed by atoms with Crippen molar-refractivity contribution in [3.05, 3.63) is 113 Å². The molecule has 2 aliphatic rings. The van der Waals surface area contributed by atoms with Crippen LogP contribution in [0, 0.1) is 0 Å². The van der Waals surface area contributed by atoms with Crippen molar-refractivity contribution in [2.75, 3.05) is 0 Å². The van der Waals surface area contributed by atoms with Crippen LogP contribution < -0.4 is 4.74 Å². The molecule has 4 aromatic rings. The summed E-state index contributed by atoms with van der Waals surface area (Å²) in [6, 6.07) is 32.4. The van der Waals surface area contributed by atoms with Crippen molar-refractivity contribution < 1.29 is 4.74 Å². The Morgan fingerprint density at radius 2 is 1.55 bits per heavy atom. The van der Waals surface area contributed by atoms with Crippen LogP contribution in [0.15, 0.2) is 96.1 Å². The first-order valence-electron chi connectivity index (χ1n) is 11.7. The topological polar surface area (TPSA) is 24.8 Å². The van der Waals surface area contributed by atoms with Crippen molar-refractivity contribution in [1.29, 1.82) is 0 Å². The van der Waals surface area contributed by atoms with Crippen molar-refractivity contribution >= 4 is 16.5 Å². The number of benzene rings is 4. The van der Waals surface area contributed by atoms with Crippen molar-refractivity contribution in [2.45, 2.75) is 44.9 Å². The molecule has 0 aromatic heterocycles. The van der Waals surface area contributed by atoms with Crippen molar-refractivity contribution in [2.24, 2.45) is 5.10 Å². The SMILES string of the molecule is CC(C)(C)c1ccc([C@@H]2Oc3ccccc3[C@H]3CC(c4cccc5ccccc45)=NN32)cc1. The van der Waals surface area contributed by atoms with Gasteiger partial charge in [-0.2, -0.15) is 5.10 Å². The van der Waals surface area contributed by atoms with Crippen molar-refractivity contribution in [3.8, 4) is 5.75 Å². The lowest BCUT2D eigenvalue weighted by molar-refractivity contribution is -0.0190. The zero-order chi connectivity index (χ0) is 22.6. The first-order chi connectivity index (χ1) is 16.0. The predicted molar refractivity (Wildman–Crippen MR) is 135 cm³/mol. The highest BCUT2D eigenvalue weighted by Crippen LogP contribution is 2.47. The van der Waals surface area contributed by atoms with Crippen LogP contribution in [0.1, 0.15) is 61.7 Å². The number of rotatable bonds is 2. The summed E-state index contributed by atoms with van der Waals surface area (Å²) in [5.74, 6) is 0.956. The van der Waals surface area contributed by atoms with Crippen LogP contribution in [0.25, 0.3) is 10.8 Å². The van der Waals surface area contributed by atoms with Crippen LogP contribution >= 0.6 is 0 Å². The van der Waals surface area contributed by atoms with Gasteiger partial charge in [0.25, 0.3) is 0 Å². The number of hydrogen-bond donors (Lipinski definition) is 0. The Bertz CT molecular complexity index is 1360. The van der Waals surface area contributed by atoms with Crippen LogP contribution in [0.3, 0.4) is 0 Å². The normalized spacial score (nSPS) is 19.6. The minimum atomic E-state index is -0.244. The molecule has 3 heteroatoms. The number of fused-ring (bicyclic) bond motifs is 4. The predicted octanol–water partition coefficient (Wildman–Crippen LogP) is 7.38. The Morgan fingerprint density at radius 1 is 0.818 bits per heavy atom. The second-order valence-electron chi connectivity index (χ2n) is 10.1. The Morgan fingerprint density at radius 3 is 2.36 bits per heavy atom. The fourth-order valence-electron chi connectivity index (χ4n) is 5.04. The number of nitrogens with zero attached hydrogens (tertiary/aromatic N) is 2. The van der Waals surface area contributed by atoms with Gasteiger partial charge in [-0.25, -0.2) is 5.01 Å². The van der Waals surface area contributed by atoms with Crippen LogP contribution in [0.4, 0.5) is 0 Å². The molecule has 2 aliphatic heterocycles. The molecule has 6 rings (SSSR count). The Labute approximate surface area is 195 Å². The fourth-order valence-corrected chi connectivity index (χ4v) is 5.04. The average molecular weight is 433 g/mol. The molecule has 4 aromatic carbocycles. The van der Waals surface area contributed by atoms with Gasteiger partial charge in [0.2, 0.25) is 6.23 Å². The summed E-state index contributed by atoms with van der Waals surface area (Å²) in [6.07, 6.45) is 0.622. The number of ether oxygens (including phenoxy) is 1. The highest BCUT2D eigenvalue weighted by molar-refractivity contribution is 6.11. The molecule has 0 amide bonds. The van der Waals surface area contributed by atoms with Gasteiger partial charge in [0.1, 0.15) is 5.75 Å². The van der Waals surface area contributed by atoms with Gasteiger partial charge in [-0.05, 0) is 27.8 Å². The molecular formula is C30H28N2O. The van der Waals surface area contributed by atoms with E-state index in [2.05, 4.69) is 117 Å². The Hall–Kier alpha value is -3.59. The number of hydrogen-bond acceptors (Lipinski definition) is 3. The lowest BCUT2D eigenvalue weighted by Gasteiger charge is -2.38. The molecule has 0 unspecified atom stereocenters. The lowest BCUT2D eigenvalue weighted by atomic mass is 9.86. The van der Waals surface area contributed by atoms with Gasteiger partial charge in [-0.3, -0.25) is 0 Å². The molecule has 164 valence electrons. The van der Waals surface area contributed by atoms with Crippen LogP contribution in [-0.4, -0.2) is 10.7 Å². The van der Waals surface area contributed by atoms with Gasteiger partial charge in [-0.15, -0.1) is 0 Å². The van der Waals surface area contributed by atoms with Crippen molar-refractivity contribution in [1.82, 2.24) is 5.01 Å². The third-order valence-corrected chi connectivity index (χ3v) is 6.86. The standard InChI is InChI=1S/C30H28N2O/c1-30(2,3)22-17-15-21(16-18-22)29-32-27(25-12-6-7-14-28(25)33-29)19-26(31-32)24-13-8-10-20-9-4-5-11-23(20)24/h4-18,27,29H,19H2,1-3H3/t27-,29+/m1/s1. The highest BCUT2D eigenvalue weighted by Gasteiger charge is 2.41. The van der Waals surface area contributed by atoms with Crippen LogP contribution in [-0.2, 0) is 5.41 Å². The van der Waals surface area contributed by atoms with Gasteiger partial charge >= 0.3 is 0 Å². The van der Waals surface area contributed by atoms with E-state index >= 15 is 0 Å². The lowest BCUT2D eigenvalue weighted by Crippen LogP contribution is -2.33. The van der Waals surface area contributed by atoms with Crippen LogP contribution in [0.5, 0.6) is 5.75 Å². The Balaban J connectivity index is 1.45. The van der Waals surface area contributed by atoms with E-state index in [1.54, 1.807) is 0 Å². The second kappa shape index (κ2) is 7.48. The summed E-state index contributed by atoms with van der Waals surface area (Å²) in [4.78, 5) is 0. The summed E-state index contributed by atoms with van der Waals surface area (Å²) in [5, 5.41) is 9.85. The van der Waals surface area contributed by atoms with E-state index < -0.39 is 0 Å². The van der Waals surface area contributed by atoms with E-state index in [9.17, 15) is 0 Å². The Kier molecular flexibility index (Phi) is 4.55. The molecule has 0 N–H and O–H groups in total. The first-order valence-corrected chi connectivity index (χ1v) is 11.7. The van der Waals surface area contributed by atoms with Gasteiger partial charge in [-0.1, -0.05) is 106 Å². The summed E-state index contributed by atoms with van der Waals surface area (Å²) < 4.78 is 6.55. The summed E-state index contributed by atoms with van der Waals surface area (Å²) in [5.41, 5.74) is 6.11. The van der Waals surface area contributed by atoms with E-state index in [1.165, 1.54) is 27.5 Å². The first kappa shape index (κ1) is 20.0. The molecule has 0 aliphatic carbocycles. The maximum absolute atomic E-state index is 6.55. The molecule has 0 saturated carbocycles. The van der Waals surface area contributed by atoms with Gasteiger partial charge < -0.3 is 4.74 Å². The van der Waals surface area contributed by atoms with Gasteiger partial charge in [0.15, 0.2) is 0 Å². The third kappa shape index (κ3) is 3.39. The molecule has 0 spiro atoms. The molecule has 0 fully saturated rings. The molecule has 0 bridgehead atoms. The van der Waals surface area contributed by atoms with Crippen LogP contribution in [0.2, 0.25) is 0 Å². The molecular weight excluding hydrogens is 404 g/mol. The molecule has 3 nitrogen and oxygen atoms in total. The second-order valence-corrected chi connectivity index (χ2v) is 10.1. The summed E-state index contributed by atoms with van der Waals surface area (Å²) in [6.45, 7) is 6.73. The average Bonchev–Trinajstić information content (AvgIpc) is 3.28. The molecule has 0 saturated heterocycles. The maximum Gasteiger partial charge on any atom is 0.213 e. The minimum absolute atomic E-state index is 0.119. The van der Waals surface area contributed by atoms with E-state index in [0.29, 0.717) is 0 Å². The number of para-hydroxylation sites is 1. The summed E-state index contributed by atoms with van der Waals surface area (Å²) in [7, 11) is 0. The van der Waals surface area contributed by atoms with E-state index in [1.807, 2.05) is 0 Å². The number of hydrazone groups is 1. The molecule has 0 radical (unpaired) electrons. The minimum Gasteiger partial charge on any atom is -0.464 e. The maximum atomic E-state index is 6.55. The van der Waals surface area contributed by atoms with E-state index in [-0.39, 0.29) is 17.7 Å². The van der Waals surface area contributed by atoms with E-state index in [4.69, 9.17) is 9.84 Å². The third-order valence-electron chi connectivity index (χ3n) is 6.86. The van der Waals surface area contributed by atoms with Gasteiger partial charge in [0, 0.05) is 23.1 Å². The molecule has 2 atom stereocenters. The zero-order valence-corrected chi connectivity index (χ0v) is 19.3. The zero-order valence-electron chi connectivity index (χ0n) is 19.3. The summed E-state index contributed by atoms with van der Waals surface area (Å²) >= 11 is 0. The smallest absolute Gasteiger partial charge is 0.213 e. The monoisotopic (exact) mass is 432 g/mol. The fraction of sp³-hybridized carbons (Fsp3) is 0.233. The highest BCUT2D eigenvalue weighted by atomic mass is 16.5. The van der Waals surface area contributed by atoms with Gasteiger partial charge in [0.05, 0.1) is 11.8 Å². The van der Waals surface area contributed by atoms with E-state index in [0.717, 1.165) is 23.4 Å². The van der Waals surface area contributed by atoms with Crippen molar-refractivity contribution in [3.63, 3.8) is 0 Å². The quantitative estimate of drug-likeness (QED) is 0.330.